The Labute approximate surface area is 99.3 Å². The highest BCUT2D eigenvalue weighted by atomic mass is 32.1. The fourth-order valence-electron chi connectivity index (χ4n) is 1.63. The highest BCUT2D eigenvalue weighted by Gasteiger charge is 2.27. The van der Waals surface area contributed by atoms with Gasteiger partial charge in [0, 0.05) is 11.0 Å². The van der Waals surface area contributed by atoms with Gasteiger partial charge in [0.1, 0.15) is 0 Å². The smallest absolute Gasteiger partial charge is 0.249 e. The molecule has 0 saturated carbocycles. The van der Waals surface area contributed by atoms with Gasteiger partial charge in [-0.1, -0.05) is 6.07 Å². The average molecular weight is 237 g/mol. The zero-order chi connectivity index (χ0) is 11.5. The van der Waals surface area contributed by atoms with E-state index in [2.05, 4.69) is 0 Å². The Morgan fingerprint density at radius 3 is 3.00 bits per heavy atom. The number of nitrogens with zero attached hydrogens (tertiary/aromatic N) is 1. The second-order valence-corrected chi connectivity index (χ2v) is 5.01. The number of hydrogen-bond donors (Lipinski definition) is 0. The van der Waals surface area contributed by atoms with E-state index in [0.717, 1.165) is 0 Å². The summed E-state index contributed by atoms with van der Waals surface area (Å²) in [6.07, 6.45) is 3.30. The number of carbonyl (C=O) groups is 1. The first-order valence-electron chi connectivity index (χ1n) is 5.33. The highest BCUT2D eigenvalue weighted by molar-refractivity contribution is 7.09. The predicted molar refractivity (Wildman–Crippen MR) is 64.0 cm³/mol. The SMILES string of the molecule is CC(C)O[C@@H]1C=CC(=O)N1Cc1cccs1. The van der Waals surface area contributed by atoms with E-state index in [1.165, 1.54) is 4.88 Å². The Kier molecular flexibility index (Phi) is 3.41. The third-order valence-corrected chi connectivity index (χ3v) is 3.17. The molecule has 3 nitrogen and oxygen atoms in total. The van der Waals surface area contributed by atoms with Crippen LogP contribution in [0.4, 0.5) is 0 Å². The molecule has 1 aliphatic rings. The van der Waals surface area contributed by atoms with Gasteiger partial charge in [-0.2, -0.15) is 0 Å². The fourth-order valence-corrected chi connectivity index (χ4v) is 2.33. The molecule has 0 radical (unpaired) electrons. The van der Waals surface area contributed by atoms with E-state index in [0.29, 0.717) is 6.54 Å². The molecule has 0 bridgehead atoms. The lowest BCUT2D eigenvalue weighted by atomic mass is 10.4. The van der Waals surface area contributed by atoms with Crippen LogP contribution in [0.15, 0.2) is 29.7 Å². The quantitative estimate of drug-likeness (QED) is 0.804. The average Bonchev–Trinajstić information content (AvgIpc) is 2.82. The summed E-state index contributed by atoms with van der Waals surface area (Å²) < 4.78 is 5.67. The monoisotopic (exact) mass is 237 g/mol. The minimum Gasteiger partial charge on any atom is -0.352 e. The van der Waals surface area contributed by atoms with Gasteiger partial charge in [0.15, 0.2) is 6.23 Å². The molecule has 0 N–H and O–H groups in total. The van der Waals surface area contributed by atoms with E-state index in [9.17, 15) is 4.79 Å². The van der Waals surface area contributed by atoms with Crippen molar-refractivity contribution in [1.29, 1.82) is 0 Å². The lowest BCUT2D eigenvalue weighted by Gasteiger charge is -2.25. The molecule has 0 aromatic carbocycles. The molecule has 2 rings (SSSR count). The molecule has 1 amide bonds. The fraction of sp³-hybridized carbons (Fsp3) is 0.417. The van der Waals surface area contributed by atoms with Crippen LogP contribution in [0, 0.1) is 0 Å². The van der Waals surface area contributed by atoms with Crippen molar-refractivity contribution < 1.29 is 9.53 Å². The normalized spacial score (nSPS) is 20.1. The summed E-state index contributed by atoms with van der Waals surface area (Å²) >= 11 is 1.66. The first-order chi connectivity index (χ1) is 7.66. The number of rotatable bonds is 4. The van der Waals surface area contributed by atoms with Crippen molar-refractivity contribution >= 4 is 17.2 Å². The van der Waals surface area contributed by atoms with Crippen molar-refractivity contribution in [3.8, 4) is 0 Å². The minimum absolute atomic E-state index is 0.0269. The summed E-state index contributed by atoms with van der Waals surface area (Å²) in [6, 6.07) is 4.02. The molecule has 0 aliphatic carbocycles. The van der Waals surface area contributed by atoms with Gasteiger partial charge >= 0.3 is 0 Å². The van der Waals surface area contributed by atoms with Crippen molar-refractivity contribution in [2.24, 2.45) is 0 Å². The van der Waals surface area contributed by atoms with Crippen LogP contribution in [-0.2, 0) is 16.1 Å². The maximum absolute atomic E-state index is 11.7. The van der Waals surface area contributed by atoms with Crippen LogP contribution >= 0.6 is 11.3 Å². The van der Waals surface area contributed by atoms with Crippen molar-refractivity contribution in [3.05, 3.63) is 34.5 Å². The molecule has 1 atom stereocenters. The number of hydrogen-bond acceptors (Lipinski definition) is 3. The summed E-state index contributed by atoms with van der Waals surface area (Å²) in [5.41, 5.74) is 0. The van der Waals surface area contributed by atoms with Crippen LogP contribution in [0.5, 0.6) is 0 Å². The summed E-state index contributed by atoms with van der Waals surface area (Å²) in [7, 11) is 0. The first-order valence-corrected chi connectivity index (χ1v) is 6.21. The lowest BCUT2D eigenvalue weighted by molar-refractivity contribution is -0.137. The molecule has 86 valence electrons. The topological polar surface area (TPSA) is 29.5 Å². The van der Waals surface area contributed by atoms with Gasteiger partial charge in [0.05, 0.1) is 12.6 Å². The summed E-state index contributed by atoms with van der Waals surface area (Å²) in [4.78, 5) is 14.6. The highest BCUT2D eigenvalue weighted by Crippen LogP contribution is 2.20. The molecular formula is C12H15NO2S. The predicted octanol–water partition coefficient (Wildman–Crippen LogP) is 2.40. The minimum atomic E-state index is -0.213. The van der Waals surface area contributed by atoms with Gasteiger partial charge in [-0.3, -0.25) is 4.79 Å². The van der Waals surface area contributed by atoms with E-state index in [-0.39, 0.29) is 18.2 Å². The van der Waals surface area contributed by atoms with Gasteiger partial charge in [-0.15, -0.1) is 11.3 Å². The van der Waals surface area contributed by atoms with Gasteiger partial charge in [0.2, 0.25) is 5.91 Å². The van der Waals surface area contributed by atoms with Crippen LogP contribution in [0.25, 0.3) is 0 Å². The summed E-state index contributed by atoms with van der Waals surface area (Å²) in [5, 5.41) is 2.02. The Hall–Kier alpha value is -1.13. The first kappa shape index (κ1) is 11.4. The van der Waals surface area contributed by atoms with Crippen molar-refractivity contribution in [2.75, 3.05) is 0 Å². The van der Waals surface area contributed by atoms with E-state index < -0.39 is 0 Å². The lowest BCUT2D eigenvalue weighted by Crippen LogP contribution is -2.36. The Morgan fingerprint density at radius 1 is 1.56 bits per heavy atom. The van der Waals surface area contributed by atoms with Crippen LogP contribution in [0.2, 0.25) is 0 Å². The second kappa shape index (κ2) is 4.80. The number of carbonyl (C=O) groups excluding carboxylic acids is 1. The molecule has 16 heavy (non-hydrogen) atoms. The van der Waals surface area contributed by atoms with Gasteiger partial charge in [-0.05, 0) is 31.4 Å². The molecular weight excluding hydrogens is 222 g/mol. The van der Waals surface area contributed by atoms with Gasteiger partial charge in [-0.25, -0.2) is 0 Å². The van der Waals surface area contributed by atoms with Gasteiger partial charge in [0.25, 0.3) is 0 Å². The molecule has 0 saturated heterocycles. The molecule has 0 unspecified atom stereocenters. The molecule has 1 aromatic heterocycles. The van der Waals surface area contributed by atoms with Crippen molar-refractivity contribution in [1.82, 2.24) is 4.90 Å². The van der Waals surface area contributed by atoms with Crippen molar-refractivity contribution in [2.45, 2.75) is 32.7 Å². The van der Waals surface area contributed by atoms with Gasteiger partial charge < -0.3 is 9.64 Å². The van der Waals surface area contributed by atoms with Crippen molar-refractivity contribution in [3.63, 3.8) is 0 Å². The van der Waals surface area contributed by atoms with E-state index in [1.54, 1.807) is 22.3 Å². The third kappa shape index (κ3) is 2.51. The van der Waals surface area contributed by atoms with E-state index in [1.807, 2.05) is 37.4 Å². The Balaban J connectivity index is 2.03. The van der Waals surface area contributed by atoms with Crippen LogP contribution in [-0.4, -0.2) is 23.1 Å². The molecule has 1 aliphatic heterocycles. The Morgan fingerprint density at radius 2 is 2.38 bits per heavy atom. The maximum atomic E-state index is 11.7. The number of amides is 1. The van der Waals surface area contributed by atoms with Crippen LogP contribution in [0.3, 0.4) is 0 Å². The van der Waals surface area contributed by atoms with Crippen LogP contribution < -0.4 is 0 Å². The molecule has 0 fully saturated rings. The number of ether oxygens (including phenoxy) is 1. The zero-order valence-corrected chi connectivity index (χ0v) is 10.2. The van der Waals surface area contributed by atoms with E-state index >= 15 is 0 Å². The number of thiophene rings is 1. The standard InChI is InChI=1S/C12H15NO2S/c1-9(2)15-12-6-5-11(14)13(12)8-10-4-3-7-16-10/h3-7,9,12H,8H2,1-2H3/t12-/m1/s1. The summed E-state index contributed by atoms with van der Waals surface area (Å²) in [5.74, 6) is 0.0269. The maximum Gasteiger partial charge on any atom is 0.249 e. The Bertz CT molecular complexity index is 384. The third-order valence-electron chi connectivity index (χ3n) is 2.31. The largest absolute Gasteiger partial charge is 0.352 e. The summed E-state index contributed by atoms with van der Waals surface area (Å²) in [6.45, 7) is 4.57. The second-order valence-electron chi connectivity index (χ2n) is 3.98. The molecule has 2 heterocycles. The zero-order valence-electron chi connectivity index (χ0n) is 9.42. The molecule has 4 heteroatoms. The molecule has 0 spiro atoms. The van der Waals surface area contributed by atoms with E-state index in [4.69, 9.17) is 4.74 Å². The molecule has 1 aromatic rings. The van der Waals surface area contributed by atoms with Crippen LogP contribution in [0.1, 0.15) is 18.7 Å².